The first-order valence-electron chi connectivity index (χ1n) is 5.77. The minimum atomic E-state index is 0.0809. The Balaban J connectivity index is 2.44. The van der Waals surface area contributed by atoms with E-state index in [1.807, 2.05) is 25.5 Å². The molecule has 0 aliphatic heterocycles. The van der Waals surface area contributed by atoms with Crippen molar-refractivity contribution in [3.05, 3.63) is 36.2 Å². The number of rotatable bonds is 1. The van der Waals surface area contributed by atoms with Gasteiger partial charge in [-0.25, -0.2) is 0 Å². The Bertz CT molecular complexity index is 533. The van der Waals surface area contributed by atoms with E-state index in [4.69, 9.17) is 5.73 Å². The summed E-state index contributed by atoms with van der Waals surface area (Å²) in [5.41, 5.74) is 10.4. The smallest absolute Gasteiger partial charge is 0.0568 e. The minimum absolute atomic E-state index is 0.0809. The molecule has 0 atom stereocenters. The summed E-state index contributed by atoms with van der Waals surface area (Å²) in [6.45, 7) is 6.51. The lowest BCUT2D eigenvalue weighted by atomic mass is 9.85. The van der Waals surface area contributed by atoms with E-state index in [-0.39, 0.29) is 5.41 Å². The molecule has 2 aromatic rings. The highest BCUT2D eigenvalue weighted by Gasteiger charge is 2.17. The molecule has 0 spiro atoms. The van der Waals surface area contributed by atoms with Gasteiger partial charge >= 0.3 is 0 Å². The van der Waals surface area contributed by atoms with Crippen LogP contribution in [0, 0.1) is 0 Å². The van der Waals surface area contributed by atoms with Crippen molar-refractivity contribution in [1.82, 2.24) is 9.78 Å². The van der Waals surface area contributed by atoms with E-state index in [0.29, 0.717) is 0 Å². The lowest BCUT2D eigenvalue weighted by Gasteiger charge is -2.21. The van der Waals surface area contributed by atoms with Crippen molar-refractivity contribution in [1.29, 1.82) is 0 Å². The highest BCUT2D eigenvalue weighted by molar-refractivity contribution is 5.68. The Morgan fingerprint density at radius 1 is 1.18 bits per heavy atom. The predicted molar refractivity (Wildman–Crippen MR) is 71.8 cm³/mol. The van der Waals surface area contributed by atoms with Crippen molar-refractivity contribution in [3.63, 3.8) is 0 Å². The van der Waals surface area contributed by atoms with Crippen LogP contribution in [0.3, 0.4) is 0 Å². The molecule has 17 heavy (non-hydrogen) atoms. The van der Waals surface area contributed by atoms with Crippen LogP contribution in [0.4, 0.5) is 5.69 Å². The summed E-state index contributed by atoms with van der Waals surface area (Å²) in [6, 6.07) is 6.24. The zero-order valence-corrected chi connectivity index (χ0v) is 10.9. The quantitative estimate of drug-likeness (QED) is 0.764. The summed E-state index contributed by atoms with van der Waals surface area (Å²) in [6.07, 6.45) is 3.84. The topological polar surface area (TPSA) is 43.8 Å². The van der Waals surface area contributed by atoms with Gasteiger partial charge in [-0.1, -0.05) is 32.9 Å². The fraction of sp³-hybridized carbons (Fsp3) is 0.357. The predicted octanol–water partition coefficient (Wildman–Crippen LogP) is 2.97. The zero-order chi connectivity index (χ0) is 12.6. The Kier molecular flexibility index (Phi) is 2.69. The van der Waals surface area contributed by atoms with E-state index < -0.39 is 0 Å². The summed E-state index contributed by atoms with van der Waals surface area (Å²) >= 11 is 0. The molecule has 3 heteroatoms. The summed E-state index contributed by atoms with van der Waals surface area (Å²) < 4.78 is 1.79. The fourth-order valence-electron chi connectivity index (χ4n) is 2.00. The van der Waals surface area contributed by atoms with Crippen molar-refractivity contribution < 1.29 is 0 Å². The zero-order valence-electron chi connectivity index (χ0n) is 10.9. The number of benzene rings is 1. The Morgan fingerprint density at radius 3 is 2.35 bits per heavy atom. The number of nitrogen functional groups attached to an aromatic ring is 1. The molecular weight excluding hydrogens is 210 g/mol. The third-order valence-electron chi connectivity index (χ3n) is 2.90. The van der Waals surface area contributed by atoms with Crippen LogP contribution in [-0.2, 0) is 12.5 Å². The van der Waals surface area contributed by atoms with Gasteiger partial charge in [-0.2, -0.15) is 5.10 Å². The van der Waals surface area contributed by atoms with Gasteiger partial charge in [-0.15, -0.1) is 0 Å². The lowest BCUT2D eigenvalue weighted by molar-refractivity contribution is 0.592. The molecule has 0 aliphatic rings. The van der Waals surface area contributed by atoms with Crippen LogP contribution in [-0.4, -0.2) is 9.78 Å². The average molecular weight is 229 g/mol. The van der Waals surface area contributed by atoms with Crippen molar-refractivity contribution in [2.45, 2.75) is 26.2 Å². The largest absolute Gasteiger partial charge is 0.398 e. The van der Waals surface area contributed by atoms with Crippen LogP contribution in [0.5, 0.6) is 0 Å². The van der Waals surface area contributed by atoms with Crippen LogP contribution in [0.15, 0.2) is 30.6 Å². The van der Waals surface area contributed by atoms with Gasteiger partial charge in [-0.05, 0) is 22.6 Å². The Hall–Kier alpha value is -1.77. The van der Waals surface area contributed by atoms with Gasteiger partial charge in [0.15, 0.2) is 0 Å². The van der Waals surface area contributed by atoms with Gasteiger partial charge in [-0.3, -0.25) is 4.68 Å². The van der Waals surface area contributed by atoms with Crippen LogP contribution in [0.25, 0.3) is 11.1 Å². The van der Waals surface area contributed by atoms with Gasteiger partial charge in [0.05, 0.1) is 6.20 Å². The van der Waals surface area contributed by atoms with E-state index in [1.165, 1.54) is 5.56 Å². The summed E-state index contributed by atoms with van der Waals surface area (Å²) in [5.74, 6) is 0. The SMILES string of the molecule is Cn1cc(-c2ccc(C(C)(C)C)c(N)c2)cn1. The molecule has 0 saturated carbocycles. The van der Waals surface area contributed by atoms with E-state index >= 15 is 0 Å². The lowest BCUT2D eigenvalue weighted by Crippen LogP contribution is -2.13. The highest BCUT2D eigenvalue weighted by atomic mass is 15.2. The van der Waals surface area contributed by atoms with E-state index in [2.05, 4.69) is 38.0 Å². The number of hydrogen-bond acceptors (Lipinski definition) is 2. The van der Waals surface area contributed by atoms with E-state index in [9.17, 15) is 0 Å². The molecule has 0 aliphatic carbocycles. The molecule has 0 saturated heterocycles. The van der Waals surface area contributed by atoms with Crippen molar-refractivity contribution in [3.8, 4) is 11.1 Å². The maximum atomic E-state index is 6.12. The molecule has 0 unspecified atom stereocenters. The van der Waals surface area contributed by atoms with Gasteiger partial charge in [0.1, 0.15) is 0 Å². The van der Waals surface area contributed by atoms with Gasteiger partial charge in [0.25, 0.3) is 0 Å². The normalized spacial score (nSPS) is 11.8. The number of aromatic nitrogens is 2. The standard InChI is InChI=1S/C14H19N3/c1-14(2,3)12-6-5-10(7-13(12)15)11-8-16-17(4)9-11/h5-9H,15H2,1-4H3. The van der Waals surface area contributed by atoms with Gasteiger partial charge in [0, 0.05) is 24.5 Å². The van der Waals surface area contributed by atoms with E-state index in [0.717, 1.165) is 16.8 Å². The summed E-state index contributed by atoms with van der Waals surface area (Å²) in [7, 11) is 1.91. The van der Waals surface area contributed by atoms with Crippen molar-refractivity contribution in [2.24, 2.45) is 7.05 Å². The third-order valence-corrected chi connectivity index (χ3v) is 2.90. The number of nitrogens with zero attached hydrogens (tertiary/aromatic N) is 2. The molecule has 0 bridgehead atoms. The fourth-order valence-corrected chi connectivity index (χ4v) is 2.00. The number of aryl methyl sites for hydroxylation is 1. The summed E-state index contributed by atoms with van der Waals surface area (Å²) in [5, 5.41) is 4.17. The van der Waals surface area contributed by atoms with Crippen LogP contribution in [0.2, 0.25) is 0 Å². The second-order valence-electron chi connectivity index (χ2n) is 5.45. The average Bonchev–Trinajstić information content (AvgIpc) is 2.62. The molecule has 90 valence electrons. The maximum Gasteiger partial charge on any atom is 0.0568 e. The number of anilines is 1. The van der Waals surface area contributed by atoms with Gasteiger partial charge in [0.2, 0.25) is 0 Å². The molecule has 0 fully saturated rings. The minimum Gasteiger partial charge on any atom is -0.398 e. The summed E-state index contributed by atoms with van der Waals surface area (Å²) in [4.78, 5) is 0. The third kappa shape index (κ3) is 2.33. The molecule has 2 rings (SSSR count). The first-order valence-corrected chi connectivity index (χ1v) is 5.77. The van der Waals surface area contributed by atoms with Crippen LogP contribution < -0.4 is 5.73 Å². The second-order valence-corrected chi connectivity index (χ2v) is 5.45. The molecule has 0 amide bonds. The molecule has 0 radical (unpaired) electrons. The van der Waals surface area contributed by atoms with Crippen LogP contribution in [0.1, 0.15) is 26.3 Å². The van der Waals surface area contributed by atoms with E-state index in [1.54, 1.807) is 4.68 Å². The molecule has 2 N–H and O–H groups in total. The first-order chi connectivity index (χ1) is 7.88. The number of nitrogens with two attached hydrogens (primary N) is 1. The van der Waals surface area contributed by atoms with Gasteiger partial charge < -0.3 is 5.73 Å². The van der Waals surface area contributed by atoms with Crippen molar-refractivity contribution in [2.75, 3.05) is 5.73 Å². The molecule has 3 nitrogen and oxygen atoms in total. The van der Waals surface area contributed by atoms with Crippen molar-refractivity contribution >= 4 is 5.69 Å². The number of hydrogen-bond donors (Lipinski definition) is 1. The first kappa shape index (κ1) is 11.7. The molecule has 1 aromatic heterocycles. The Labute approximate surface area is 102 Å². The second kappa shape index (κ2) is 3.91. The van der Waals surface area contributed by atoms with Crippen LogP contribution >= 0.6 is 0 Å². The molecule has 1 heterocycles. The molecule has 1 aromatic carbocycles. The maximum absolute atomic E-state index is 6.12. The Morgan fingerprint density at radius 2 is 1.88 bits per heavy atom. The highest BCUT2D eigenvalue weighted by Crippen LogP contribution is 2.31. The monoisotopic (exact) mass is 229 g/mol. The molecular formula is C14H19N3.